The van der Waals surface area contributed by atoms with E-state index in [0.29, 0.717) is 23.4 Å². The number of benzene rings is 1. The van der Waals surface area contributed by atoms with Crippen molar-refractivity contribution in [3.05, 3.63) is 22.2 Å². The van der Waals surface area contributed by atoms with Gasteiger partial charge in [0.25, 0.3) is 9.05 Å². The van der Waals surface area contributed by atoms with E-state index in [0.717, 1.165) is 18.4 Å². The predicted molar refractivity (Wildman–Crippen MR) is 76.4 cm³/mol. The summed E-state index contributed by atoms with van der Waals surface area (Å²) in [6.07, 6.45) is 1.46. The average Bonchev–Trinajstić information content (AvgIpc) is 2.32. The van der Waals surface area contributed by atoms with E-state index in [9.17, 15) is 8.42 Å². The summed E-state index contributed by atoms with van der Waals surface area (Å²) in [7, 11) is 1.63. The van der Waals surface area contributed by atoms with E-state index < -0.39 is 9.05 Å². The Morgan fingerprint density at radius 3 is 2.58 bits per heavy atom. The van der Waals surface area contributed by atoms with Crippen molar-refractivity contribution in [2.75, 3.05) is 13.2 Å². The molecule has 0 N–H and O–H groups in total. The molecule has 1 fully saturated rings. The van der Waals surface area contributed by atoms with Crippen molar-refractivity contribution < 1.29 is 17.9 Å². The lowest BCUT2D eigenvalue weighted by Crippen LogP contribution is -2.26. The summed E-state index contributed by atoms with van der Waals surface area (Å²) in [4.78, 5) is 0.00698. The van der Waals surface area contributed by atoms with Crippen LogP contribution in [0, 0.1) is 6.92 Å². The largest absolute Gasteiger partial charge is 0.489 e. The molecule has 1 aromatic rings. The Bertz CT molecular complexity index is 567. The molecular formula is C12H14BrClO4S. The van der Waals surface area contributed by atoms with Gasteiger partial charge in [0, 0.05) is 28.0 Å². The molecule has 0 aromatic heterocycles. The molecule has 0 saturated carbocycles. The van der Waals surface area contributed by atoms with Crippen molar-refractivity contribution in [3.63, 3.8) is 0 Å². The number of aryl methyl sites for hydroxylation is 1. The smallest absolute Gasteiger partial charge is 0.265 e. The zero-order valence-corrected chi connectivity index (χ0v) is 13.5. The first-order chi connectivity index (χ1) is 8.88. The predicted octanol–water partition coefficient (Wildman–Crippen LogP) is 3.24. The molecule has 106 valence electrons. The summed E-state index contributed by atoms with van der Waals surface area (Å²) in [5, 5.41) is 0. The first kappa shape index (κ1) is 15.1. The number of rotatable bonds is 3. The molecule has 1 aromatic carbocycles. The first-order valence-electron chi connectivity index (χ1n) is 5.87. The Morgan fingerprint density at radius 2 is 2.00 bits per heavy atom. The maximum Gasteiger partial charge on any atom is 0.265 e. The van der Waals surface area contributed by atoms with E-state index >= 15 is 0 Å². The Hall–Kier alpha value is -0.300. The van der Waals surface area contributed by atoms with E-state index in [2.05, 4.69) is 15.9 Å². The highest BCUT2D eigenvalue weighted by molar-refractivity contribution is 9.10. The molecule has 7 heteroatoms. The lowest BCUT2D eigenvalue weighted by atomic mass is 10.1. The topological polar surface area (TPSA) is 52.6 Å². The number of hydrogen-bond acceptors (Lipinski definition) is 4. The van der Waals surface area contributed by atoms with Crippen molar-refractivity contribution in [1.82, 2.24) is 0 Å². The highest BCUT2D eigenvalue weighted by atomic mass is 79.9. The minimum absolute atomic E-state index is 0.00698. The quantitative estimate of drug-likeness (QED) is 0.768. The molecule has 2 rings (SSSR count). The summed E-state index contributed by atoms with van der Waals surface area (Å²) < 4.78 is 35.0. The van der Waals surface area contributed by atoms with Gasteiger partial charge in [-0.25, -0.2) is 8.42 Å². The van der Waals surface area contributed by atoms with Crippen molar-refractivity contribution >= 4 is 35.7 Å². The number of hydrogen-bond donors (Lipinski definition) is 0. The Balaban J connectivity index is 2.37. The van der Waals surface area contributed by atoms with Gasteiger partial charge in [-0.15, -0.1) is 0 Å². The summed E-state index contributed by atoms with van der Waals surface area (Å²) in [5.74, 6) is 0.338. The maximum atomic E-state index is 11.6. The molecule has 1 saturated heterocycles. The van der Waals surface area contributed by atoms with Crippen LogP contribution in [0.2, 0.25) is 0 Å². The first-order valence-corrected chi connectivity index (χ1v) is 8.97. The fraction of sp³-hybridized carbons (Fsp3) is 0.500. The monoisotopic (exact) mass is 368 g/mol. The SMILES string of the molecule is Cc1cc(Br)cc(S(=O)(=O)Cl)c1OC1CCOCC1. The molecule has 0 aliphatic carbocycles. The lowest BCUT2D eigenvalue weighted by Gasteiger charge is -2.25. The van der Waals surface area contributed by atoms with Crippen LogP contribution in [0.3, 0.4) is 0 Å². The highest BCUT2D eigenvalue weighted by Gasteiger charge is 2.23. The van der Waals surface area contributed by atoms with Gasteiger partial charge in [-0.1, -0.05) is 15.9 Å². The zero-order valence-electron chi connectivity index (χ0n) is 10.4. The van der Waals surface area contributed by atoms with Gasteiger partial charge < -0.3 is 9.47 Å². The number of halogens is 2. The van der Waals surface area contributed by atoms with Crippen LogP contribution in [-0.4, -0.2) is 27.7 Å². The third-order valence-corrected chi connectivity index (χ3v) is 4.71. The van der Waals surface area contributed by atoms with Gasteiger partial charge in [-0.2, -0.15) is 0 Å². The van der Waals surface area contributed by atoms with Gasteiger partial charge in [0.1, 0.15) is 16.7 Å². The lowest BCUT2D eigenvalue weighted by molar-refractivity contribution is 0.0241. The fourth-order valence-corrected chi connectivity index (χ4v) is 3.76. The maximum absolute atomic E-state index is 11.6. The van der Waals surface area contributed by atoms with E-state index in [-0.39, 0.29) is 11.0 Å². The molecule has 1 heterocycles. The van der Waals surface area contributed by atoms with Crippen LogP contribution in [0.5, 0.6) is 5.75 Å². The van der Waals surface area contributed by atoms with Crippen LogP contribution in [0.15, 0.2) is 21.5 Å². The molecule has 0 amide bonds. The molecule has 4 nitrogen and oxygen atoms in total. The highest BCUT2D eigenvalue weighted by Crippen LogP contribution is 2.35. The molecule has 0 unspecified atom stereocenters. The molecule has 1 aliphatic rings. The van der Waals surface area contributed by atoms with Crippen molar-refractivity contribution in [2.45, 2.75) is 30.8 Å². The van der Waals surface area contributed by atoms with Crippen LogP contribution in [0.1, 0.15) is 18.4 Å². The van der Waals surface area contributed by atoms with Crippen LogP contribution >= 0.6 is 26.6 Å². The van der Waals surface area contributed by atoms with E-state index in [4.69, 9.17) is 20.2 Å². The normalized spacial score (nSPS) is 17.4. The summed E-state index contributed by atoms with van der Waals surface area (Å²) in [6, 6.07) is 3.27. The zero-order chi connectivity index (χ0) is 14.0. The molecular weight excluding hydrogens is 356 g/mol. The standard InChI is InChI=1S/C12H14BrClO4S/c1-8-6-9(13)7-11(19(14,15)16)12(8)18-10-2-4-17-5-3-10/h6-7,10H,2-5H2,1H3. The van der Waals surface area contributed by atoms with Crippen molar-refractivity contribution in [1.29, 1.82) is 0 Å². The van der Waals surface area contributed by atoms with Gasteiger partial charge in [-0.3, -0.25) is 0 Å². The second kappa shape index (κ2) is 5.99. The van der Waals surface area contributed by atoms with Crippen LogP contribution in [0.4, 0.5) is 0 Å². The molecule has 0 spiro atoms. The second-order valence-corrected chi connectivity index (χ2v) is 7.87. The summed E-state index contributed by atoms with van der Waals surface area (Å²) in [5.41, 5.74) is 0.736. The third kappa shape index (κ3) is 3.84. The minimum Gasteiger partial charge on any atom is -0.489 e. The van der Waals surface area contributed by atoms with Crippen LogP contribution in [0.25, 0.3) is 0 Å². The second-order valence-electron chi connectivity index (χ2n) is 4.42. The molecule has 1 aliphatic heterocycles. The van der Waals surface area contributed by atoms with Gasteiger partial charge in [0.15, 0.2) is 0 Å². The molecule has 0 atom stereocenters. The number of ether oxygens (including phenoxy) is 2. The Morgan fingerprint density at radius 1 is 1.37 bits per heavy atom. The van der Waals surface area contributed by atoms with E-state index in [1.54, 1.807) is 13.0 Å². The fourth-order valence-electron chi connectivity index (χ4n) is 1.99. The summed E-state index contributed by atoms with van der Waals surface area (Å²) >= 11 is 3.27. The van der Waals surface area contributed by atoms with Gasteiger partial charge in [0.05, 0.1) is 13.2 Å². The minimum atomic E-state index is -3.84. The molecule has 0 radical (unpaired) electrons. The molecule has 0 bridgehead atoms. The molecule has 19 heavy (non-hydrogen) atoms. The van der Waals surface area contributed by atoms with Gasteiger partial charge in [-0.05, 0) is 24.6 Å². The van der Waals surface area contributed by atoms with Crippen LogP contribution in [-0.2, 0) is 13.8 Å². The Kier molecular flexibility index (Phi) is 4.76. The van der Waals surface area contributed by atoms with Crippen molar-refractivity contribution in [2.24, 2.45) is 0 Å². The van der Waals surface area contributed by atoms with E-state index in [1.807, 2.05) is 0 Å². The summed E-state index contributed by atoms with van der Waals surface area (Å²) in [6.45, 7) is 3.05. The van der Waals surface area contributed by atoms with E-state index in [1.165, 1.54) is 6.07 Å². The third-order valence-electron chi connectivity index (χ3n) is 2.92. The Labute approximate surface area is 125 Å². The average molecular weight is 370 g/mol. The van der Waals surface area contributed by atoms with Crippen molar-refractivity contribution in [3.8, 4) is 5.75 Å². The van der Waals surface area contributed by atoms with Crippen LogP contribution < -0.4 is 4.74 Å². The van der Waals surface area contributed by atoms with Gasteiger partial charge >= 0.3 is 0 Å². The van der Waals surface area contributed by atoms with Gasteiger partial charge in [0.2, 0.25) is 0 Å².